The lowest BCUT2D eigenvalue weighted by atomic mass is 9.79. The van der Waals surface area contributed by atoms with Crippen LogP contribution in [0.15, 0.2) is 18.2 Å². The average molecular weight is 252 g/mol. The Kier molecular flexibility index (Phi) is 6.79. The van der Waals surface area contributed by atoms with Crippen molar-refractivity contribution >= 4 is 12.6 Å². The summed E-state index contributed by atoms with van der Waals surface area (Å²) in [4.78, 5) is 0. The molecule has 0 aromatic heterocycles. The van der Waals surface area contributed by atoms with Crippen molar-refractivity contribution in [3.8, 4) is 5.75 Å². The Morgan fingerprint density at radius 1 is 1.17 bits per heavy atom. The highest BCUT2D eigenvalue weighted by Gasteiger charge is 2.17. The predicted octanol–water partition coefficient (Wildman–Crippen LogP) is 0.870. The zero-order chi connectivity index (χ0) is 13.4. The Hall–Kier alpha value is -1.04. The van der Waals surface area contributed by atoms with E-state index in [2.05, 4.69) is 6.92 Å². The second kappa shape index (κ2) is 8.13. The number of rotatable bonds is 8. The summed E-state index contributed by atoms with van der Waals surface area (Å²) in [5.41, 5.74) is 1.35. The zero-order valence-corrected chi connectivity index (χ0v) is 11.1. The molecule has 0 saturated heterocycles. The summed E-state index contributed by atoms with van der Waals surface area (Å²) in [6.07, 6.45) is 2.16. The summed E-state index contributed by atoms with van der Waals surface area (Å²) in [7, 11) is -1.51. The van der Waals surface area contributed by atoms with E-state index in [0.717, 1.165) is 25.0 Å². The van der Waals surface area contributed by atoms with Crippen molar-refractivity contribution < 1.29 is 19.5 Å². The van der Waals surface area contributed by atoms with Crippen molar-refractivity contribution in [2.75, 3.05) is 19.8 Å². The van der Waals surface area contributed by atoms with E-state index in [1.165, 1.54) is 0 Å². The van der Waals surface area contributed by atoms with Gasteiger partial charge in [-0.1, -0.05) is 31.0 Å². The van der Waals surface area contributed by atoms with Gasteiger partial charge in [-0.25, -0.2) is 0 Å². The lowest BCUT2D eigenvalue weighted by molar-refractivity contribution is 0.0983. The number of hydrogen-bond acceptors (Lipinski definition) is 4. The Bertz CT molecular complexity index is 355. The molecular formula is C13H21BO4. The maximum atomic E-state index is 9.25. The SMILES string of the molecule is CCCCOCCOc1ccc(C)cc1B(O)O. The van der Waals surface area contributed by atoms with Crippen molar-refractivity contribution in [3.05, 3.63) is 23.8 Å². The van der Waals surface area contributed by atoms with Crippen LogP contribution in [0.5, 0.6) is 5.75 Å². The van der Waals surface area contributed by atoms with E-state index in [-0.39, 0.29) is 0 Å². The molecule has 0 aliphatic carbocycles. The van der Waals surface area contributed by atoms with Crippen molar-refractivity contribution in [2.45, 2.75) is 26.7 Å². The van der Waals surface area contributed by atoms with E-state index in [0.29, 0.717) is 24.4 Å². The van der Waals surface area contributed by atoms with Crippen LogP contribution >= 0.6 is 0 Å². The molecule has 0 spiro atoms. The molecule has 0 atom stereocenters. The first-order chi connectivity index (χ1) is 8.65. The molecule has 1 rings (SSSR count). The van der Waals surface area contributed by atoms with Gasteiger partial charge in [0.15, 0.2) is 0 Å². The smallest absolute Gasteiger partial charge is 0.492 e. The molecule has 1 aromatic rings. The summed E-state index contributed by atoms with van der Waals surface area (Å²) < 4.78 is 10.9. The molecule has 5 heteroatoms. The molecule has 0 bridgehead atoms. The first-order valence-electron chi connectivity index (χ1n) is 6.32. The maximum Gasteiger partial charge on any atom is 0.492 e. The molecule has 0 aliphatic heterocycles. The minimum absolute atomic E-state index is 0.392. The molecule has 0 heterocycles. The minimum atomic E-state index is -1.51. The fourth-order valence-electron chi connectivity index (χ4n) is 1.56. The number of unbranched alkanes of at least 4 members (excludes halogenated alkanes) is 1. The van der Waals surface area contributed by atoms with Crippen molar-refractivity contribution in [1.82, 2.24) is 0 Å². The van der Waals surface area contributed by atoms with Crippen LogP contribution in [0.25, 0.3) is 0 Å². The van der Waals surface area contributed by atoms with Gasteiger partial charge in [0.1, 0.15) is 12.4 Å². The third-order valence-electron chi connectivity index (χ3n) is 2.57. The van der Waals surface area contributed by atoms with Crippen LogP contribution in [-0.4, -0.2) is 37.0 Å². The van der Waals surface area contributed by atoms with Crippen LogP contribution in [0.4, 0.5) is 0 Å². The Morgan fingerprint density at radius 2 is 1.94 bits per heavy atom. The largest absolute Gasteiger partial charge is 0.492 e. The fraction of sp³-hybridized carbons (Fsp3) is 0.538. The lowest BCUT2D eigenvalue weighted by Gasteiger charge is -2.12. The lowest BCUT2D eigenvalue weighted by Crippen LogP contribution is -2.32. The summed E-state index contributed by atoms with van der Waals surface area (Å²) in [6.45, 7) is 5.66. The minimum Gasteiger partial charge on any atom is -0.492 e. The van der Waals surface area contributed by atoms with Gasteiger partial charge in [0.05, 0.1) is 6.61 Å². The van der Waals surface area contributed by atoms with Gasteiger partial charge in [0.2, 0.25) is 0 Å². The van der Waals surface area contributed by atoms with Gasteiger partial charge in [-0.2, -0.15) is 0 Å². The molecule has 4 nitrogen and oxygen atoms in total. The van der Waals surface area contributed by atoms with Crippen LogP contribution < -0.4 is 10.2 Å². The van der Waals surface area contributed by atoms with E-state index in [4.69, 9.17) is 9.47 Å². The van der Waals surface area contributed by atoms with Crippen LogP contribution in [0.3, 0.4) is 0 Å². The van der Waals surface area contributed by atoms with Crippen LogP contribution in [0, 0.1) is 6.92 Å². The monoisotopic (exact) mass is 252 g/mol. The molecule has 0 amide bonds. The standard InChI is InChI=1S/C13H21BO4/c1-3-4-7-17-8-9-18-13-6-5-11(2)10-12(13)14(15)16/h5-6,10,15-16H,3-4,7-9H2,1-2H3. The second-order valence-electron chi connectivity index (χ2n) is 4.23. The highest BCUT2D eigenvalue weighted by atomic mass is 16.5. The van der Waals surface area contributed by atoms with Crippen molar-refractivity contribution in [2.24, 2.45) is 0 Å². The summed E-state index contributed by atoms with van der Waals surface area (Å²) in [5.74, 6) is 0.495. The van der Waals surface area contributed by atoms with Crippen LogP contribution in [-0.2, 0) is 4.74 Å². The van der Waals surface area contributed by atoms with Crippen molar-refractivity contribution in [1.29, 1.82) is 0 Å². The molecule has 0 saturated carbocycles. The van der Waals surface area contributed by atoms with Gasteiger partial charge in [0, 0.05) is 12.1 Å². The Morgan fingerprint density at radius 3 is 2.61 bits per heavy atom. The fourth-order valence-corrected chi connectivity index (χ4v) is 1.56. The predicted molar refractivity (Wildman–Crippen MR) is 72.2 cm³/mol. The van der Waals surface area contributed by atoms with Gasteiger partial charge >= 0.3 is 7.12 Å². The van der Waals surface area contributed by atoms with Gasteiger partial charge in [0.25, 0.3) is 0 Å². The van der Waals surface area contributed by atoms with Gasteiger partial charge in [-0.15, -0.1) is 0 Å². The quantitative estimate of drug-likeness (QED) is 0.532. The first-order valence-corrected chi connectivity index (χ1v) is 6.32. The third-order valence-corrected chi connectivity index (χ3v) is 2.57. The molecule has 18 heavy (non-hydrogen) atoms. The number of ether oxygens (including phenoxy) is 2. The zero-order valence-electron chi connectivity index (χ0n) is 11.1. The molecule has 0 unspecified atom stereocenters. The Labute approximate surface area is 109 Å². The van der Waals surface area contributed by atoms with Crippen LogP contribution in [0.2, 0.25) is 0 Å². The van der Waals surface area contributed by atoms with Gasteiger partial charge in [-0.05, 0) is 19.4 Å². The van der Waals surface area contributed by atoms with E-state index < -0.39 is 7.12 Å². The molecule has 0 fully saturated rings. The van der Waals surface area contributed by atoms with Gasteiger partial charge < -0.3 is 19.5 Å². The van der Waals surface area contributed by atoms with Crippen molar-refractivity contribution in [3.63, 3.8) is 0 Å². The number of aryl methyl sites for hydroxylation is 1. The highest BCUT2D eigenvalue weighted by Crippen LogP contribution is 2.09. The summed E-state index contributed by atoms with van der Waals surface area (Å²) in [6, 6.07) is 5.33. The third kappa shape index (κ3) is 5.08. The van der Waals surface area contributed by atoms with E-state index >= 15 is 0 Å². The summed E-state index contributed by atoms with van der Waals surface area (Å²) >= 11 is 0. The second-order valence-corrected chi connectivity index (χ2v) is 4.23. The molecule has 0 radical (unpaired) electrons. The van der Waals surface area contributed by atoms with E-state index in [1.807, 2.05) is 13.0 Å². The molecule has 100 valence electrons. The molecular weight excluding hydrogens is 231 g/mol. The number of benzene rings is 1. The molecule has 0 aliphatic rings. The Balaban J connectivity index is 2.42. The normalized spacial score (nSPS) is 10.4. The summed E-state index contributed by atoms with van der Waals surface area (Å²) in [5, 5.41) is 18.5. The van der Waals surface area contributed by atoms with Gasteiger partial charge in [-0.3, -0.25) is 0 Å². The van der Waals surface area contributed by atoms with Crippen LogP contribution in [0.1, 0.15) is 25.3 Å². The molecule has 2 N–H and O–H groups in total. The van der Waals surface area contributed by atoms with E-state index in [9.17, 15) is 10.0 Å². The average Bonchev–Trinajstić information content (AvgIpc) is 2.35. The maximum absolute atomic E-state index is 9.25. The topological polar surface area (TPSA) is 58.9 Å². The number of hydrogen-bond donors (Lipinski definition) is 2. The highest BCUT2D eigenvalue weighted by molar-refractivity contribution is 6.59. The van der Waals surface area contributed by atoms with E-state index in [1.54, 1.807) is 12.1 Å². The molecule has 1 aromatic carbocycles. The first kappa shape index (κ1) is 15.0.